The second-order valence-corrected chi connectivity index (χ2v) is 6.72. The maximum absolute atomic E-state index is 13.5. The van der Waals surface area contributed by atoms with E-state index in [4.69, 9.17) is 0 Å². The summed E-state index contributed by atoms with van der Waals surface area (Å²) in [5.74, 6) is -36.3. The minimum absolute atomic E-state index is 0.168. The van der Waals surface area contributed by atoms with Crippen molar-refractivity contribution in [1.82, 2.24) is 0 Å². The third-order valence-corrected chi connectivity index (χ3v) is 4.34. The van der Waals surface area contributed by atoms with Crippen LogP contribution in [0.3, 0.4) is 0 Å². The molecule has 0 radical (unpaired) electrons. The van der Waals surface area contributed by atoms with Crippen molar-refractivity contribution in [2.75, 3.05) is 0 Å². The van der Waals surface area contributed by atoms with Crippen LogP contribution in [-0.4, -0.2) is 35.8 Å². The van der Waals surface area contributed by atoms with Crippen molar-refractivity contribution in [3.63, 3.8) is 0 Å². The van der Waals surface area contributed by atoms with Gasteiger partial charge in [0.15, 0.2) is 0 Å². The van der Waals surface area contributed by atoms with Gasteiger partial charge in [-0.05, 0) is 6.42 Å². The average Bonchev–Trinajstić information content (AvgIpc) is 2.55. The number of hydrogen-bond acceptors (Lipinski definition) is 0. The molecule has 0 bridgehead atoms. The normalized spacial score (nSPS) is 15.1. The molecule has 0 heterocycles. The van der Waals surface area contributed by atoms with Gasteiger partial charge in [0.1, 0.15) is 0 Å². The van der Waals surface area contributed by atoms with Crippen LogP contribution in [0.2, 0.25) is 0 Å². The summed E-state index contributed by atoms with van der Waals surface area (Å²) < 4.78 is 168. The number of alkyl halides is 13. The lowest BCUT2D eigenvalue weighted by atomic mass is 9.91. The largest absolute Gasteiger partial charge is 0.460 e. The lowest BCUT2D eigenvalue weighted by molar-refractivity contribution is -0.440. The van der Waals surface area contributed by atoms with Crippen LogP contribution in [0.1, 0.15) is 64.7 Å². The smallest absolute Gasteiger partial charge is 0.200 e. The van der Waals surface area contributed by atoms with Crippen LogP contribution in [0.4, 0.5) is 57.1 Å². The van der Waals surface area contributed by atoms with Crippen molar-refractivity contribution in [1.29, 1.82) is 0 Å². The first-order chi connectivity index (χ1) is 12.8. The number of unbranched alkanes of at least 4 members (excludes halogenated alkanes) is 7. The Morgan fingerprint density at radius 1 is 0.414 bits per heavy atom. The van der Waals surface area contributed by atoms with Crippen LogP contribution >= 0.6 is 0 Å². The second-order valence-electron chi connectivity index (χ2n) is 6.72. The molecule has 0 rings (SSSR count). The zero-order chi connectivity index (χ0) is 23.4. The molecule has 0 aliphatic rings. The molecule has 0 amide bonds. The first kappa shape index (κ1) is 28.1. The highest BCUT2D eigenvalue weighted by molar-refractivity contribution is 5.10. The van der Waals surface area contributed by atoms with E-state index >= 15 is 0 Å². The molecule has 0 aliphatic carbocycles. The predicted octanol–water partition coefficient (Wildman–Crippen LogP) is 8.26. The quantitative estimate of drug-likeness (QED) is 0.192. The molecular formula is C16H21F13. The Hall–Kier alpha value is -0.910. The van der Waals surface area contributed by atoms with Crippen LogP contribution in [0.5, 0.6) is 0 Å². The minimum Gasteiger partial charge on any atom is -0.200 e. The topological polar surface area (TPSA) is 0 Å². The van der Waals surface area contributed by atoms with Crippen LogP contribution in [0, 0.1) is 0 Å². The Balaban J connectivity index is 5.21. The molecule has 0 aromatic rings. The van der Waals surface area contributed by atoms with Crippen molar-refractivity contribution in [2.45, 2.75) is 101 Å². The Morgan fingerprint density at radius 3 is 1.14 bits per heavy atom. The van der Waals surface area contributed by atoms with Gasteiger partial charge in [-0.2, -0.15) is 57.1 Å². The molecule has 0 aliphatic heterocycles. The van der Waals surface area contributed by atoms with Gasteiger partial charge in [-0.1, -0.05) is 51.9 Å². The Morgan fingerprint density at radius 2 is 0.759 bits per heavy atom. The van der Waals surface area contributed by atoms with E-state index in [0.29, 0.717) is 12.8 Å². The third-order valence-electron chi connectivity index (χ3n) is 4.34. The fourth-order valence-electron chi connectivity index (χ4n) is 2.44. The monoisotopic (exact) mass is 460 g/mol. The van der Waals surface area contributed by atoms with Crippen LogP contribution in [0.25, 0.3) is 0 Å². The van der Waals surface area contributed by atoms with E-state index in [0.717, 1.165) is 19.3 Å². The highest BCUT2D eigenvalue weighted by Gasteiger charge is 2.90. The summed E-state index contributed by atoms with van der Waals surface area (Å²) in [5.41, 5.74) is 0. The van der Waals surface area contributed by atoms with Crippen LogP contribution < -0.4 is 0 Å². The molecule has 29 heavy (non-hydrogen) atoms. The highest BCUT2D eigenvalue weighted by atomic mass is 19.4. The molecule has 0 saturated carbocycles. The zero-order valence-corrected chi connectivity index (χ0v) is 15.3. The van der Waals surface area contributed by atoms with E-state index in [1.54, 1.807) is 0 Å². The van der Waals surface area contributed by atoms with E-state index < -0.39 is 48.6 Å². The van der Waals surface area contributed by atoms with Gasteiger partial charge >= 0.3 is 35.8 Å². The molecule has 176 valence electrons. The summed E-state index contributed by atoms with van der Waals surface area (Å²) >= 11 is 0. The van der Waals surface area contributed by atoms with Gasteiger partial charge in [-0.25, -0.2) is 0 Å². The molecule has 0 aromatic carbocycles. The van der Waals surface area contributed by atoms with Gasteiger partial charge in [0.05, 0.1) is 0 Å². The van der Waals surface area contributed by atoms with Gasteiger partial charge in [0.2, 0.25) is 0 Å². The van der Waals surface area contributed by atoms with Gasteiger partial charge in [-0.15, -0.1) is 0 Å². The van der Waals surface area contributed by atoms with E-state index in [1.165, 1.54) is 0 Å². The molecule has 0 saturated heterocycles. The van der Waals surface area contributed by atoms with Gasteiger partial charge in [0, 0.05) is 6.42 Å². The second kappa shape index (κ2) is 9.49. The van der Waals surface area contributed by atoms with E-state index in [-0.39, 0.29) is 12.8 Å². The van der Waals surface area contributed by atoms with Gasteiger partial charge in [-0.3, -0.25) is 0 Å². The van der Waals surface area contributed by atoms with E-state index in [9.17, 15) is 57.1 Å². The molecule has 0 N–H and O–H groups in total. The molecule has 0 aromatic heterocycles. The van der Waals surface area contributed by atoms with Gasteiger partial charge < -0.3 is 0 Å². The molecule has 0 nitrogen and oxygen atoms in total. The van der Waals surface area contributed by atoms with Crippen molar-refractivity contribution in [3.05, 3.63) is 0 Å². The van der Waals surface area contributed by atoms with E-state index in [1.807, 2.05) is 6.92 Å². The predicted molar refractivity (Wildman–Crippen MR) is 78.0 cm³/mol. The van der Waals surface area contributed by atoms with Crippen LogP contribution in [-0.2, 0) is 0 Å². The molecule has 13 heteroatoms. The van der Waals surface area contributed by atoms with Crippen LogP contribution in [0.15, 0.2) is 0 Å². The Bertz CT molecular complexity index is 494. The SMILES string of the molecule is CCCCCCCCCCC(F)(F)C(F)(F)C(F)(F)C(F)(F)C(F)(F)C(F)(F)F. The highest BCUT2D eigenvalue weighted by Crippen LogP contribution is 2.60. The summed E-state index contributed by atoms with van der Waals surface area (Å²) in [7, 11) is 0. The fourth-order valence-corrected chi connectivity index (χ4v) is 2.44. The van der Waals surface area contributed by atoms with Gasteiger partial charge in [0.25, 0.3) is 0 Å². The lowest BCUT2D eigenvalue weighted by Gasteiger charge is -2.39. The number of halogens is 13. The fraction of sp³-hybridized carbons (Fsp3) is 1.00. The maximum atomic E-state index is 13.5. The van der Waals surface area contributed by atoms with Crippen molar-refractivity contribution in [3.8, 4) is 0 Å². The third kappa shape index (κ3) is 5.62. The zero-order valence-electron chi connectivity index (χ0n) is 15.3. The average molecular weight is 460 g/mol. The standard InChI is InChI=1S/C16H21F13/c1-2-3-4-5-6-7-8-9-10-11(17,18)12(19,20)13(21,22)14(23,24)15(25,26)16(27,28)29/h2-10H2,1H3. The number of hydrogen-bond donors (Lipinski definition) is 0. The summed E-state index contributed by atoms with van der Waals surface area (Å²) in [5, 5.41) is 0. The summed E-state index contributed by atoms with van der Waals surface area (Å²) in [4.78, 5) is 0. The maximum Gasteiger partial charge on any atom is 0.460 e. The summed E-state index contributed by atoms with van der Waals surface area (Å²) in [6.45, 7) is 1.92. The lowest BCUT2D eigenvalue weighted by Crippen LogP contribution is -2.70. The Labute approximate surface area is 158 Å². The number of rotatable bonds is 13. The molecule has 0 spiro atoms. The minimum atomic E-state index is -7.82. The molecule has 0 unspecified atom stereocenters. The Kier molecular flexibility index (Phi) is 9.19. The van der Waals surface area contributed by atoms with Crippen molar-refractivity contribution >= 4 is 0 Å². The first-order valence-electron chi connectivity index (χ1n) is 8.77. The molecular weight excluding hydrogens is 439 g/mol. The summed E-state index contributed by atoms with van der Waals surface area (Å²) in [6.07, 6.45) is -6.40. The summed E-state index contributed by atoms with van der Waals surface area (Å²) in [6, 6.07) is 0. The molecule has 0 fully saturated rings. The van der Waals surface area contributed by atoms with Crippen molar-refractivity contribution < 1.29 is 57.1 Å². The molecule has 0 atom stereocenters. The van der Waals surface area contributed by atoms with E-state index in [2.05, 4.69) is 0 Å². The van der Waals surface area contributed by atoms with Crippen molar-refractivity contribution in [2.24, 2.45) is 0 Å². The first-order valence-corrected chi connectivity index (χ1v) is 8.77.